The van der Waals surface area contributed by atoms with E-state index >= 15 is 0 Å². The summed E-state index contributed by atoms with van der Waals surface area (Å²) in [6.07, 6.45) is 0. The second-order valence-electron chi connectivity index (χ2n) is 18.1. The van der Waals surface area contributed by atoms with Crippen LogP contribution in [-0.4, -0.2) is 13.7 Å². The fourth-order valence-corrected chi connectivity index (χ4v) is 11.0. The summed E-state index contributed by atoms with van der Waals surface area (Å²) in [5.74, 6) is 0. The highest BCUT2D eigenvalue weighted by Crippen LogP contribution is 2.41. The minimum Gasteiger partial charge on any atom is -0.309 e. The molecule has 0 saturated carbocycles. The molecular formula is C66H43N3. The van der Waals surface area contributed by atoms with Gasteiger partial charge in [-0.15, -0.1) is 0 Å². The smallest absolute Gasteiger partial charge is 0.0561 e. The van der Waals surface area contributed by atoms with Crippen molar-refractivity contribution in [3.05, 3.63) is 261 Å². The first-order valence-corrected chi connectivity index (χ1v) is 23.7. The summed E-state index contributed by atoms with van der Waals surface area (Å²) < 4.78 is 7.32. The lowest BCUT2D eigenvalue weighted by molar-refractivity contribution is 1.14. The van der Waals surface area contributed by atoms with Crippen LogP contribution in [0.25, 0.3) is 127 Å². The Morgan fingerprint density at radius 2 is 0.449 bits per heavy atom. The summed E-state index contributed by atoms with van der Waals surface area (Å²) in [7, 11) is 0. The van der Waals surface area contributed by atoms with Gasteiger partial charge in [-0.25, -0.2) is 0 Å². The molecule has 3 heteroatoms. The summed E-state index contributed by atoms with van der Waals surface area (Å²) in [6.45, 7) is 0. The molecule has 3 heterocycles. The van der Waals surface area contributed by atoms with Crippen LogP contribution in [0.1, 0.15) is 0 Å². The van der Waals surface area contributed by atoms with E-state index in [1.165, 1.54) is 104 Å². The second kappa shape index (κ2) is 15.7. The van der Waals surface area contributed by atoms with Crippen molar-refractivity contribution in [2.45, 2.75) is 0 Å². The fraction of sp³-hybridized carbons (Fsp3) is 0. The molecule has 0 spiro atoms. The quantitative estimate of drug-likeness (QED) is 0.152. The maximum atomic E-state index is 2.45. The molecule has 0 fully saturated rings. The van der Waals surface area contributed by atoms with Crippen molar-refractivity contribution in [3.8, 4) is 61.6 Å². The number of rotatable bonds is 7. The zero-order valence-electron chi connectivity index (χ0n) is 37.7. The van der Waals surface area contributed by atoms with E-state index in [1.54, 1.807) is 0 Å². The fourth-order valence-electron chi connectivity index (χ4n) is 11.0. The Bertz CT molecular complexity index is 4060. The van der Waals surface area contributed by atoms with Gasteiger partial charge in [-0.3, -0.25) is 0 Å². The molecule has 69 heavy (non-hydrogen) atoms. The van der Waals surface area contributed by atoms with Gasteiger partial charge in [0.25, 0.3) is 0 Å². The lowest BCUT2D eigenvalue weighted by Crippen LogP contribution is -1.98. The van der Waals surface area contributed by atoms with Crippen LogP contribution in [0.4, 0.5) is 0 Å². The first kappa shape index (κ1) is 39.0. The van der Waals surface area contributed by atoms with Crippen LogP contribution in [-0.2, 0) is 0 Å². The predicted octanol–water partition coefficient (Wildman–Crippen LogP) is 17.6. The number of hydrogen-bond acceptors (Lipinski definition) is 0. The van der Waals surface area contributed by atoms with Crippen molar-refractivity contribution in [2.75, 3.05) is 0 Å². The van der Waals surface area contributed by atoms with Crippen molar-refractivity contribution in [3.63, 3.8) is 0 Å². The summed E-state index contributed by atoms with van der Waals surface area (Å²) in [5.41, 5.74) is 20.1. The maximum Gasteiger partial charge on any atom is 0.0561 e. The van der Waals surface area contributed by atoms with E-state index in [4.69, 9.17) is 0 Å². The molecule has 0 aliphatic carbocycles. The van der Waals surface area contributed by atoms with Crippen LogP contribution >= 0.6 is 0 Å². The number of fused-ring (bicyclic) bond motifs is 9. The lowest BCUT2D eigenvalue weighted by Gasteiger charge is -2.13. The van der Waals surface area contributed by atoms with Gasteiger partial charge in [-0.05, 0) is 136 Å². The molecule has 14 aromatic rings. The Balaban J connectivity index is 0.934. The van der Waals surface area contributed by atoms with Crippen molar-refractivity contribution >= 4 is 65.4 Å². The molecule has 0 N–H and O–H groups in total. The van der Waals surface area contributed by atoms with Gasteiger partial charge in [0.15, 0.2) is 0 Å². The third-order valence-corrected chi connectivity index (χ3v) is 14.2. The molecule has 0 radical (unpaired) electrons. The summed E-state index contributed by atoms with van der Waals surface area (Å²) in [4.78, 5) is 0. The van der Waals surface area contributed by atoms with Gasteiger partial charge in [-0.2, -0.15) is 0 Å². The molecule has 3 aromatic heterocycles. The third kappa shape index (κ3) is 6.36. The van der Waals surface area contributed by atoms with Crippen LogP contribution in [0.3, 0.4) is 0 Å². The Labute approximate surface area is 399 Å². The average molecular weight is 878 g/mol. The number of hydrogen-bond donors (Lipinski definition) is 0. The summed E-state index contributed by atoms with van der Waals surface area (Å²) >= 11 is 0. The van der Waals surface area contributed by atoms with Crippen molar-refractivity contribution in [2.24, 2.45) is 0 Å². The van der Waals surface area contributed by atoms with Crippen molar-refractivity contribution < 1.29 is 0 Å². The van der Waals surface area contributed by atoms with E-state index in [0.29, 0.717) is 0 Å². The molecule has 322 valence electrons. The average Bonchev–Trinajstić information content (AvgIpc) is 4.06. The zero-order valence-corrected chi connectivity index (χ0v) is 37.7. The number of benzene rings is 11. The Hall–Kier alpha value is -9.18. The monoisotopic (exact) mass is 877 g/mol. The predicted molar refractivity (Wildman–Crippen MR) is 291 cm³/mol. The van der Waals surface area contributed by atoms with E-state index < -0.39 is 0 Å². The molecule has 0 aliphatic rings. The van der Waals surface area contributed by atoms with Crippen LogP contribution in [0.5, 0.6) is 0 Å². The zero-order chi connectivity index (χ0) is 45.4. The third-order valence-electron chi connectivity index (χ3n) is 14.2. The molecule has 0 atom stereocenters. The van der Waals surface area contributed by atoms with Gasteiger partial charge in [0.05, 0.1) is 33.1 Å². The van der Waals surface area contributed by atoms with E-state index in [2.05, 4.69) is 275 Å². The minimum absolute atomic E-state index is 1.11. The topological polar surface area (TPSA) is 14.8 Å². The second-order valence-corrected chi connectivity index (χ2v) is 18.1. The summed E-state index contributed by atoms with van der Waals surface area (Å²) in [5, 5.41) is 7.40. The SMILES string of the molecule is c1ccc(-c2ccc3c(c2)c2cc(-c4ccccc4)ccc2n3-c2ccc(-n3c4ccccc4c4ccc(-n5c6ccc(-c7ccccc7)cc6c6cc(-c7ccccc7)ccc65)cc43)cc2)cc1. The Morgan fingerprint density at radius 3 is 0.841 bits per heavy atom. The van der Waals surface area contributed by atoms with Crippen molar-refractivity contribution in [1.82, 2.24) is 13.7 Å². The number of aromatic nitrogens is 3. The first-order chi connectivity index (χ1) is 34.2. The molecule has 0 aliphatic heterocycles. The van der Waals surface area contributed by atoms with Gasteiger partial charge in [0.1, 0.15) is 0 Å². The highest BCUT2D eigenvalue weighted by Gasteiger charge is 2.20. The van der Waals surface area contributed by atoms with Gasteiger partial charge >= 0.3 is 0 Å². The van der Waals surface area contributed by atoms with E-state index in [0.717, 1.165) is 22.6 Å². The van der Waals surface area contributed by atoms with E-state index in [-0.39, 0.29) is 0 Å². The van der Waals surface area contributed by atoms with E-state index in [1.807, 2.05) is 0 Å². The van der Waals surface area contributed by atoms with Gasteiger partial charge in [0, 0.05) is 49.4 Å². The van der Waals surface area contributed by atoms with Crippen LogP contribution in [0.15, 0.2) is 261 Å². The van der Waals surface area contributed by atoms with Crippen LogP contribution in [0, 0.1) is 0 Å². The largest absolute Gasteiger partial charge is 0.309 e. The number of para-hydroxylation sites is 1. The van der Waals surface area contributed by atoms with Gasteiger partial charge in [0.2, 0.25) is 0 Å². The minimum atomic E-state index is 1.11. The summed E-state index contributed by atoms with van der Waals surface area (Å²) in [6, 6.07) is 95.5. The standard InChI is InChI=1S/C66H43N3/c1-5-15-44(16-6-1)48-25-35-62-57(39-48)58-40-49(45-17-7-2-8-18-45)26-36-63(58)67(62)52-29-31-53(32-30-52)68-61-24-14-13-23-55(61)56-34-33-54(43-66(56)68)69-64-37-27-50(46-19-9-3-10-20-46)41-59(64)60-42-51(28-38-65(60)69)47-21-11-4-12-22-47/h1-43H. The highest BCUT2D eigenvalue weighted by molar-refractivity contribution is 6.14. The lowest BCUT2D eigenvalue weighted by atomic mass is 10.0. The molecule has 0 saturated heterocycles. The van der Waals surface area contributed by atoms with Gasteiger partial charge in [-0.1, -0.05) is 170 Å². The molecule has 14 rings (SSSR count). The normalized spacial score (nSPS) is 11.8. The molecule has 0 unspecified atom stereocenters. The van der Waals surface area contributed by atoms with Gasteiger partial charge < -0.3 is 13.7 Å². The van der Waals surface area contributed by atoms with Crippen molar-refractivity contribution in [1.29, 1.82) is 0 Å². The molecule has 3 nitrogen and oxygen atoms in total. The van der Waals surface area contributed by atoms with E-state index in [9.17, 15) is 0 Å². The Morgan fingerprint density at radius 1 is 0.159 bits per heavy atom. The molecule has 0 amide bonds. The highest BCUT2D eigenvalue weighted by atomic mass is 15.0. The maximum absolute atomic E-state index is 2.45. The Kier molecular flexibility index (Phi) is 8.90. The molecular weight excluding hydrogens is 835 g/mol. The molecule has 11 aromatic carbocycles. The molecule has 0 bridgehead atoms. The number of nitrogens with zero attached hydrogens (tertiary/aromatic N) is 3. The first-order valence-electron chi connectivity index (χ1n) is 23.7. The van der Waals surface area contributed by atoms with Crippen LogP contribution in [0.2, 0.25) is 0 Å². The van der Waals surface area contributed by atoms with Crippen LogP contribution < -0.4 is 0 Å².